The van der Waals surface area contributed by atoms with Crippen molar-refractivity contribution in [3.05, 3.63) is 89.9 Å². The summed E-state index contributed by atoms with van der Waals surface area (Å²) in [5, 5.41) is 11.5. The van der Waals surface area contributed by atoms with Crippen LogP contribution >= 0.6 is 0 Å². The van der Waals surface area contributed by atoms with Crippen LogP contribution in [0.3, 0.4) is 0 Å². The van der Waals surface area contributed by atoms with Crippen molar-refractivity contribution >= 4 is 11.9 Å². The van der Waals surface area contributed by atoms with Gasteiger partial charge in [0, 0.05) is 6.42 Å². The summed E-state index contributed by atoms with van der Waals surface area (Å²) in [6.45, 7) is 0.155. The standard InChI is InChI=1S/C23H20N2O5/c24-16-18-8-10-19(11-9-18)28-13-14-30-23(27)20(15-17-5-2-1-3-6-17)25-22(26)21-7-4-12-29-21/h1-12,20H,13-15H2,(H,25,26)/t20-/m0/s1. The molecule has 1 amide bonds. The first-order valence-corrected chi connectivity index (χ1v) is 9.33. The number of esters is 1. The molecule has 152 valence electrons. The van der Waals surface area contributed by atoms with Gasteiger partial charge in [0.15, 0.2) is 5.76 Å². The van der Waals surface area contributed by atoms with E-state index in [1.54, 1.807) is 30.3 Å². The second-order valence-electron chi connectivity index (χ2n) is 6.35. The van der Waals surface area contributed by atoms with Crippen LogP contribution in [0, 0.1) is 11.3 Å². The number of nitrogens with one attached hydrogen (secondary N) is 1. The molecular weight excluding hydrogens is 384 g/mol. The first kappa shape index (κ1) is 20.7. The third kappa shape index (κ3) is 5.97. The molecule has 3 aromatic rings. The molecule has 1 heterocycles. The highest BCUT2D eigenvalue weighted by atomic mass is 16.6. The zero-order chi connectivity index (χ0) is 21.2. The Morgan fingerprint density at radius 1 is 1.00 bits per heavy atom. The van der Waals surface area contributed by atoms with E-state index in [1.165, 1.54) is 12.3 Å². The van der Waals surface area contributed by atoms with Gasteiger partial charge in [0.1, 0.15) is 25.0 Å². The first-order chi connectivity index (χ1) is 14.7. The SMILES string of the molecule is N#Cc1ccc(OCCOC(=O)[C@H](Cc2ccccc2)NC(=O)c2ccco2)cc1. The van der Waals surface area contributed by atoms with Crippen molar-refractivity contribution in [3.8, 4) is 11.8 Å². The predicted molar refractivity (Wildman–Crippen MR) is 108 cm³/mol. The number of ether oxygens (including phenoxy) is 2. The van der Waals surface area contributed by atoms with Crippen LogP contribution in [-0.4, -0.2) is 31.1 Å². The Morgan fingerprint density at radius 2 is 1.77 bits per heavy atom. The summed E-state index contributed by atoms with van der Waals surface area (Å²) < 4.78 is 15.9. The number of carbonyl (C=O) groups is 2. The number of rotatable bonds is 9. The van der Waals surface area contributed by atoms with E-state index in [0.29, 0.717) is 11.3 Å². The fourth-order valence-corrected chi connectivity index (χ4v) is 2.71. The molecule has 0 fully saturated rings. The van der Waals surface area contributed by atoms with Crippen molar-refractivity contribution in [2.24, 2.45) is 0 Å². The number of benzene rings is 2. The second-order valence-corrected chi connectivity index (χ2v) is 6.35. The molecule has 0 saturated heterocycles. The fraction of sp³-hybridized carbons (Fsp3) is 0.174. The summed E-state index contributed by atoms with van der Waals surface area (Å²) in [5.74, 6) is -0.379. The molecule has 3 rings (SSSR count). The molecule has 0 saturated carbocycles. The average Bonchev–Trinajstić information content (AvgIpc) is 3.32. The van der Waals surface area contributed by atoms with E-state index in [0.717, 1.165) is 5.56 Å². The number of amides is 1. The Balaban J connectivity index is 1.55. The monoisotopic (exact) mass is 404 g/mol. The van der Waals surface area contributed by atoms with Crippen LogP contribution in [0.15, 0.2) is 77.4 Å². The van der Waals surface area contributed by atoms with Gasteiger partial charge >= 0.3 is 5.97 Å². The molecule has 0 unspecified atom stereocenters. The molecule has 30 heavy (non-hydrogen) atoms. The van der Waals surface area contributed by atoms with Crippen molar-refractivity contribution < 1.29 is 23.5 Å². The van der Waals surface area contributed by atoms with Crippen molar-refractivity contribution in [3.63, 3.8) is 0 Å². The van der Waals surface area contributed by atoms with Gasteiger partial charge in [-0.25, -0.2) is 4.79 Å². The summed E-state index contributed by atoms with van der Waals surface area (Å²) in [5.41, 5.74) is 1.41. The van der Waals surface area contributed by atoms with E-state index in [9.17, 15) is 9.59 Å². The number of carbonyl (C=O) groups excluding carboxylic acids is 2. The molecule has 7 nitrogen and oxygen atoms in total. The maximum absolute atomic E-state index is 12.6. The molecule has 0 spiro atoms. The largest absolute Gasteiger partial charge is 0.490 e. The molecule has 2 aromatic carbocycles. The number of hydrogen-bond donors (Lipinski definition) is 1. The topological polar surface area (TPSA) is 102 Å². The Bertz CT molecular complexity index is 992. The highest BCUT2D eigenvalue weighted by Crippen LogP contribution is 2.11. The van der Waals surface area contributed by atoms with Crippen molar-refractivity contribution in [2.75, 3.05) is 13.2 Å². The molecule has 1 N–H and O–H groups in total. The number of nitrogens with zero attached hydrogens (tertiary/aromatic N) is 1. The van der Waals surface area contributed by atoms with Gasteiger partial charge in [-0.3, -0.25) is 4.79 Å². The second kappa shape index (κ2) is 10.5. The van der Waals surface area contributed by atoms with Gasteiger partial charge in [0.25, 0.3) is 5.91 Å². The van der Waals surface area contributed by atoms with E-state index in [-0.39, 0.29) is 25.4 Å². The van der Waals surface area contributed by atoms with Gasteiger partial charge in [0.2, 0.25) is 0 Å². The minimum Gasteiger partial charge on any atom is -0.490 e. The van der Waals surface area contributed by atoms with Gasteiger partial charge in [-0.05, 0) is 42.0 Å². The zero-order valence-corrected chi connectivity index (χ0v) is 16.1. The Hall–Kier alpha value is -4.05. The first-order valence-electron chi connectivity index (χ1n) is 9.33. The summed E-state index contributed by atoms with van der Waals surface area (Å²) in [7, 11) is 0. The van der Waals surface area contributed by atoms with Crippen LogP contribution in [-0.2, 0) is 16.0 Å². The minimum atomic E-state index is -0.875. The maximum atomic E-state index is 12.6. The van der Waals surface area contributed by atoms with Crippen LogP contribution in [0.25, 0.3) is 0 Å². The lowest BCUT2D eigenvalue weighted by Crippen LogP contribution is -2.43. The summed E-state index contributed by atoms with van der Waals surface area (Å²) >= 11 is 0. The molecule has 0 aliphatic heterocycles. The van der Waals surface area contributed by atoms with Crippen molar-refractivity contribution in [1.29, 1.82) is 5.26 Å². The third-order valence-corrected chi connectivity index (χ3v) is 4.20. The Morgan fingerprint density at radius 3 is 2.43 bits per heavy atom. The number of furan rings is 1. The lowest BCUT2D eigenvalue weighted by molar-refractivity contribution is -0.146. The van der Waals surface area contributed by atoms with Crippen LogP contribution < -0.4 is 10.1 Å². The van der Waals surface area contributed by atoms with Gasteiger partial charge in [-0.2, -0.15) is 5.26 Å². The smallest absolute Gasteiger partial charge is 0.329 e. The minimum absolute atomic E-state index is 0.0146. The van der Waals surface area contributed by atoms with Crippen molar-refractivity contribution in [2.45, 2.75) is 12.5 Å². The Kier molecular flexibility index (Phi) is 7.23. The molecule has 1 aromatic heterocycles. The van der Waals surface area contributed by atoms with Crippen LogP contribution in [0.5, 0.6) is 5.75 Å². The van der Waals surface area contributed by atoms with E-state index in [1.807, 2.05) is 36.4 Å². The number of nitriles is 1. The molecule has 0 bridgehead atoms. The van der Waals surface area contributed by atoms with Gasteiger partial charge in [-0.15, -0.1) is 0 Å². The van der Waals surface area contributed by atoms with Crippen LogP contribution in [0.4, 0.5) is 0 Å². The molecule has 0 radical (unpaired) electrons. The summed E-state index contributed by atoms with van der Waals surface area (Å²) in [6.07, 6.45) is 1.67. The van der Waals surface area contributed by atoms with E-state index >= 15 is 0 Å². The maximum Gasteiger partial charge on any atom is 0.329 e. The molecule has 1 atom stereocenters. The summed E-state index contributed by atoms with van der Waals surface area (Å²) in [4.78, 5) is 24.9. The van der Waals surface area contributed by atoms with Crippen molar-refractivity contribution in [1.82, 2.24) is 5.32 Å². The van der Waals surface area contributed by atoms with E-state index < -0.39 is 17.9 Å². The fourth-order valence-electron chi connectivity index (χ4n) is 2.71. The highest BCUT2D eigenvalue weighted by molar-refractivity contribution is 5.94. The zero-order valence-electron chi connectivity index (χ0n) is 16.1. The Labute approximate surface area is 173 Å². The molecule has 0 aliphatic carbocycles. The molecule has 7 heteroatoms. The molecule has 0 aliphatic rings. The predicted octanol–water partition coefficient (Wildman–Crippen LogP) is 3.11. The van der Waals surface area contributed by atoms with Gasteiger partial charge in [-0.1, -0.05) is 30.3 Å². The lowest BCUT2D eigenvalue weighted by Gasteiger charge is -2.17. The van der Waals surface area contributed by atoms with Gasteiger partial charge < -0.3 is 19.2 Å². The quantitative estimate of drug-likeness (QED) is 0.434. The summed E-state index contributed by atoms with van der Waals surface area (Å²) in [6, 6.07) is 20.2. The average molecular weight is 404 g/mol. The number of hydrogen-bond acceptors (Lipinski definition) is 6. The van der Waals surface area contributed by atoms with Crippen LogP contribution in [0.1, 0.15) is 21.7 Å². The lowest BCUT2D eigenvalue weighted by atomic mass is 10.1. The van der Waals surface area contributed by atoms with Gasteiger partial charge in [0.05, 0.1) is 17.9 Å². The van der Waals surface area contributed by atoms with E-state index in [2.05, 4.69) is 5.32 Å². The third-order valence-electron chi connectivity index (χ3n) is 4.20. The normalized spacial score (nSPS) is 11.2. The molecular formula is C23H20N2O5. The van der Waals surface area contributed by atoms with Crippen LogP contribution in [0.2, 0.25) is 0 Å². The van der Waals surface area contributed by atoms with E-state index in [4.69, 9.17) is 19.2 Å². The highest BCUT2D eigenvalue weighted by Gasteiger charge is 2.24.